The molecular weight excluding hydrogens is 305 g/mol. The number of hydrogen-bond donors (Lipinski definition) is 1. The summed E-state index contributed by atoms with van der Waals surface area (Å²) >= 11 is 3.36. The molecule has 1 aromatic heterocycles. The summed E-state index contributed by atoms with van der Waals surface area (Å²) in [5.41, 5.74) is 0.497. The van der Waals surface area contributed by atoms with Crippen LogP contribution in [0.3, 0.4) is 0 Å². The first-order chi connectivity index (χ1) is 7.70. The highest BCUT2D eigenvalue weighted by Gasteiger charge is 2.25. The van der Waals surface area contributed by atoms with Gasteiger partial charge >= 0.3 is 0 Å². The van der Waals surface area contributed by atoms with E-state index in [4.69, 9.17) is 0 Å². The van der Waals surface area contributed by atoms with Crippen LogP contribution >= 0.6 is 28.3 Å². The second-order valence-corrected chi connectivity index (χ2v) is 4.74. The Morgan fingerprint density at radius 1 is 1.65 bits per heavy atom. The van der Waals surface area contributed by atoms with E-state index in [0.29, 0.717) is 5.69 Å². The van der Waals surface area contributed by atoms with Gasteiger partial charge in [-0.05, 0) is 35.0 Å². The maximum absolute atomic E-state index is 12.2. The van der Waals surface area contributed by atoms with Gasteiger partial charge in [-0.25, -0.2) is 4.98 Å². The largest absolute Gasteiger partial charge is 0.332 e. The number of carbonyl (C=O) groups is 1. The van der Waals surface area contributed by atoms with Gasteiger partial charge < -0.3 is 10.2 Å². The Kier molecular flexibility index (Phi) is 5.36. The molecule has 2 rings (SSSR count). The van der Waals surface area contributed by atoms with Crippen molar-refractivity contribution < 1.29 is 4.79 Å². The molecule has 1 N–H and O–H groups in total. The Labute approximate surface area is 115 Å². The number of halogens is 2. The first kappa shape index (κ1) is 14.4. The molecule has 6 heteroatoms. The summed E-state index contributed by atoms with van der Waals surface area (Å²) in [4.78, 5) is 18.2. The van der Waals surface area contributed by atoms with E-state index in [1.54, 1.807) is 6.20 Å². The zero-order valence-corrected chi connectivity index (χ0v) is 11.9. The summed E-state index contributed by atoms with van der Waals surface area (Å²) in [6, 6.07) is 3.87. The van der Waals surface area contributed by atoms with Gasteiger partial charge in [0.1, 0.15) is 5.69 Å². The standard InChI is InChI=1S/C11H14BrN3O.ClH/c1-8-7-13-5-6-15(8)11(16)10-9(12)3-2-4-14-10;/h2-4,8,13H,5-7H2,1H3;1H/t8-;/m1./s1. The van der Waals surface area contributed by atoms with Gasteiger partial charge in [-0.3, -0.25) is 4.79 Å². The lowest BCUT2D eigenvalue weighted by molar-refractivity contribution is 0.0648. The van der Waals surface area contributed by atoms with Gasteiger partial charge in [0.05, 0.1) is 0 Å². The van der Waals surface area contributed by atoms with Crippen LogP contribution in [-0.2, 0) is 0 Å². The van der Waals surface area contributed by atoms with Crippen molar-refractivity contribution in [1.82, 2.24) is 15.2 Å². The van der Waals surface area contributed by atoms with Gasteiger partial charge in [-0.15, -0.1) is 12.4 Å². The molecule has 94 valence electrons. The average molecular weight is 321 g/mol. The monoisotopic (exact) mass is 319 g/mol. The highest BCUT2D eigenvalue weighted by molar-refractivity contribution is 9.10. The molecule has 17 heavy (non-hydrogen) atoms. The molecule has 0 bridgehead atoms. The number of pyridine rings is 1. The molecule has 0 unspecified atom stereocenters. The Hall–Kier alpha value is -0.650. The number of rotatable bonds is 1. The van der Waals surface area contributed by atoms with Crippen LogP contribution in [0.15, 0.2) is 22.8 Å². The highest BCUT2D eigenvalue weighted by Crippen LogP contribution is 2.17. The van der Waals surface area contributed by atoms with Crippen molar-refractivity contribution in [2.75, 3.05) is 19.6 Å². The fourth-order valence-corrected chi connectivity index (χ4v) is 2.25. The molecule has 1 atom stereocenters. The topological polar surface area (TPSA) is 45.2 Å². The van der Waals surface area contributed by atoms with Gasteiger partial charge in [0.25, 0.3) is 5.91 Å². The molecular formula is C11H15BrClN3O. The maximum atomic E-state index is 12.2. The van der Waals surface area contributed by atoms with Crippen LogP contribution < -0.4 is 5.32 Å². The summed E-state index contributed by atoms with van der Waals surface area (Å²) in [5, 5.41) is 3.26. The van der Waals surface area contributed by atoms with Gasteiger partial charge in [0, 0.05) is 36.3 Å². The maximum Gasteiger partial charge on any atom is 0.273 e. The van der Waals surface area contributed by atoms with Crippen molar-refractivity contribution in [3.05, 3.63) is 28.5 Å². The van der Waals surface area contributed by atoms with Crippen molar-refractivity contribution in [3.8, 4) is 0 Å². The van der Waals surface area contributed by atoms with Crippen LogP contribution in [0.4, 0.5) is 0 Å². The van der Waals surface area contributed by atoms with E-state index in [2.05, 4.69) is 26.2 Å². The molecule has 0 saturated carbocycles. The Morgan fingerprint density at radius 3 is 3.06 bits per heavy atom. The fraction of sp³-hybridized carbons (Fsp3) is 0.455. The number of nitrogens with zero attached hydrogens (tertiary/aromatic N) is 2. The molecule has 0 radical (unpaired) electrons. The zero-order chi connectivity index (χ0) is 11.5. The summed E-state index contributed by atoms with van der Waals surface area (Å²) in [6.45, 7) is 4.47. The lowest BCUT2D eigenvalue weighted by Crippen LogP contribution is -2.52. The molecule has 4 nitrogen and oxygen atoms in total. The van der Waals surface area contributed by atoms with Crippen LogP contribution in [0, 0.1) is 0 Å². The van der Waals surface area contributed by atoms with E-state index >= 15 is 0 Å². The molecule has 0 spiro atoms. The fourth-order valence-electron chi connectivity index (χ4n) is 1.82. The average Bonchev–Trinajstić information content (AvgIpc) is 2.29. The quantitative estimate of drug-likeness (QED) is 0.856. The Morgan fingerprint density at radius 2 is 2.41 bits per heavy atom. The van der Waals surface area contributed by atoms with Crippen LogP contribution in [-0.4, -0.2) is 41.5 Å². The second-order valence-electron chi connectivity index (χ2n) is 3.89. The number of hydrogen-bond acceptors (Lipinski definition) is 3. The predicted molar refractivity (Wildman–Crippen MR) is 72.6 cm³/mol. The molecule has 1 saturated heterocycles. The summed E-state index contributed by atoms with van der Waals surface area (Å²) in [5.74, 6) is 0.00137. The summed E-state index contributed by atoms with van der Waals surface area (Å²) < 4.78 is 0.755. The number of aromatic nitrogens is 1. The minimum Gasteiger partial charge on any atom is -0.332 e. The first-order valence-electron chi connectivity index (χ1n) is 5.32. The van der Waals surface area contributed by atoms with Crippen molar-refractivity contribution in [1.29, 1.82) is 0 Å². The van der Waals surface area contributed by atoms with Crippen molar-refractivity contribution in [3.63, 3.8) is 0 Å². The number of piperazine rings is 1. The Balaban J connectivity index is 0.00000144. The molecule has 1 fully saturated rings. The predicted octanol–water partition coefficient (Wildman–Crippen LogP) is 1.70. The third-order valence-corrected chi connectivity index (χ3v) is 3.36. The molecule has 1 aliphatic heterocycles. The van der Waals surface area contributed by atoms with E-state index in [-0.39, 0.29) is 24.4 Å². The number of amides is 1. The number of carbonyl (C=O) groups excluding carboxylic acids is 1. The van der Waals surface area contributed by atoms with Crippen LogP contribution in [0.5, 0.6) is 0 Å². The SMILES string of the molecule is C[C@@H]1CNCCN1C(=O)c1ncccc1Br.Cl. The van der Waals surface area contributed by atoms with E-state index in [0.717, 1.165) is 24.1 Å². The molecule has 1 amide bonds. The molecule has 0 aliphatic carbocycles. The van der Waals surface area contributed by atoms with E-state index < -0.39 is 0 Å². The van der Waals surface area contributed by atoms with Crippen LogP contribution in [0.25, 0.3) is 0 Å². The highest BCUT2D eigenvalue weighted by atomic mass is 79.9. The molecule has 1 aliphatic rings. The zero-order valence-electron chi connectivity index (χ0n) is 9.52. The van der Waals surface area contributed by atoms with Gasteiger partial charge in [0.15, 0.2) is 0 Å². The van der Waals surface area contributed by atoms with Crippen molar-refractivity contribution in [2.24, 2.45) is 0 Å². The number of nitrogens with one attached hydrogen (secondary N) is 1. The molecule has 0 aromatic carbocycles. The summed E-state index contributed by atoms with van der Waals surface area (Å²) in [6.07, 6.45) is 1.64. The third-order valence-electron chi connectivity index (χ3n) is 2.72. The smallest absolute Gasteiger partial charge is 0.273 e. The van der Waals surface area contributed by atoms with Gasteiger partial charge in [0.2, 0.25) is 0 Å². The lowest BCUT2D eigenvalue weighted by Gasteiger charge is -2.33. The van der Waals surface area contributed by atoms with Crippen molar-refractivity contribution in [2.45, 2.75) is 13.0 Å². The van der Waals surface area contributed by atoms with E-state index in [1.165, 1.54) is 0 Å². The second kappa shape index (κ2) is 6.33. The Bertz CT molecular complexity index is 402. The minimum atomic E-state index is 0. The molecule has 1 aromatic rings. The first-order valence-corrected chi connectivity index (χ1v) is 6.11. The molecule has 2 heterocycles. The normalized spacial score (nSPS) is 19.6. The van der Waals surface area contributed by atoms with Gasteiger partial charge in [-0.2, -0.15) is 0 Å². The van der Waals surface area contributed by atoms with E-state index in [9.17, 15) is 4.79 Å². The van der Waals surface area contributed by atoms with Crippen LogP contribution in [0.1, 0.15) is 17.4 Å². The van der Waals surface area contributed by atoms with Crippen LogP contribution in [0.2, 0.25) is 0 Å². The van der Waals surface area contributed by atoms with Gasteiger partial charge in [-0.1, -0.05) is 0 Å². The van der Waals surface area contributed by atoms with E-state index in [1.807, 2.05) is 24.0 Å². The third kappa shape index (κ3) is 3.18. The summed E-state index contributed by atoms with van der Waals surface area (Å²) in [7, 11) is 0. The van der Waals surface area contributed by atoms with Crippen molar-refractivity contribution >= 4 is 34.2 Å². The lowest BCUT2D eigenvalue weighted by atomic mass is 10.2. The minimum absolute atomic E-state index is 0.